The number of aromatic nitrogens is 1. The van der Waals surface area contributed by atoms with Crippen molar-refractivity contribution >= 4 is 22.3 Å². The van der Waals surface area contributed by atoms with E-state index in [0.29, 0.717) is 0 Å². The van der Waals surface area contributed by atoms with Crippen molar-refractivity contribution in [3.05, 3.63) is 205 Å². The van der Waals surface area contributed by atoms with Crippen LogP contribution in [-0.2, 0) is 0 Å². The van der Waals surface area contributed by atoms with Gasteiger partial charge in [0.2, 0.25) is 0 Å². The lowest BCUT2D eigenvalue weighted by Gasteiger charge is -2.29. The highest BCUT2D eigenvalue weighted by Gasteiger charge is 2.26. The maximum absolute atomic E-state index is 5.40. The second kappa shape index (κ2) is 12.8. The summed E-state index contributed by atoms with van der Waals surface area (Å²) >= 11 is 0. The molecule has 0 bridgehead atoms. The number of pyridine rings is 1. The average Bonchev–Trinajstić information content (AvgIpc) is 3.21. The van der Waals surface area contributed by atoms with Crippen molar-refractivity contribution in [2.45, 2.75) is 6.04 Å². The van der Waals surface area contributed by atoms with Gasteiger partial charge in [-0.15, -0.1) is 0 Å². The molecule has 1 aliphatic heterocycles. The van der Waals surface area contributed by atoms with Gasteiger partial charge in [-0.1, -0.05) is 158 Å². The Morgan fingerprint density at radius 2 is 0.920 bits per heavy atom. The summed E-state index contributed by atoms with van der Waals surface area (Å²) in [5.41, 5.74) is 12.9. The van der Waals surface area contributed by atoms with Crippen LogP contribution >= 0.6 is 0 Å². The summed E-state index contributed by atoms with van der Waals surface area (Å²) < 4.78 is 0. The topological polar surface area (TPSA) is 37.3 Å². The normalized spacial score (nSPS) is 13.7. The van der Waals surface area contributed by atoms with Crippen LogP contribution in [0.1, 0.15) is 22.7 Å². The lowest BCUT2D eigenvalue weighted by Crippen LogP contribution is -2.33. The first kappa shape index (κ1) is 29.6. The van der Waals surface area contributed by atoms with Gasteiger partial charge in [-0.05, 0) is 63.5 Å². The van der Waals surface area contributed by atoms with Crippen molar-refractivity contribution < 1.29 is 0 Å². The molecule has 0 aliphatic carbocycles. The number of nitrogens with zero attached hydrogens (tertiary/aromatic N) is 2. The largest absolute Gasteiger partial charge is 0.359 e. The molecule has 236 valence electrons. The number of benzene rings is 7. The summed E-state index contributed by atoms with van der Waals surface area (Å²) in [7, 11) is 0. The van der Waals surface area contributed by atoms with E-state index < -0.39 is 0 Å². The van der Waals surface area contributed by atoms with Crippen molar-refractivity contribution in [1.29, 1.82) is 0 Å². The molecular weight excluding hydrogens is 607 g/mol. The Morgan fingerprint density at radius 1 is 0.400 bits per heavy atom. The molecule has 9 rings (SSSR count). The van der Waals surface area contributed by atoms with E-state index in [9.17, 15) is 0 Å². The van der Waals surface area contributed by atoms with Gasteiger partial charge in [0.15, 0.2) is 0 Å². The molecule has 0 spiro atoms. The zero-order chi connectivity index (χ0) is 33.3. The van der Waals surface area contributed by atoms with E-state index in [2.05, 4.69) is 187 Å². The number of hydrogen-bond donors (Lipinski definition) is 1. The highest BCUT2D eigenvalue weighted by molar-refractivity contribution is 6.07. The Hall–Kier alpha value is -6.58. The van der Waals surface area contributed by atoms with Crippen LogP contribution in [0.3, 0.4) is 0 Å². The van der Waals surface area contributed by atoms with Crippen LogP contribution < -0.4 is 5.32 Å². The quantitative estimate of drug-likeness (QED) is 0.197. The maximum Gasteiger partial charge on any atom is 0.134 e. The predicted molar refractivity (Wildman–Crippen MR) is 208 cm³/mol. The van der Waals surface area contributed by atoms with E-state index in [4.69, 9.17) is 9.98 Å². The SMILES string of the molecule is c1ccc(-c2cc(C3=Nc4c(ccc5ccccc45)C(c4ccccc4)N3)cc(-c3cc(-c4ccccc4)cc(-c4ccccc4)n3)c2)cc1. The van der Waals surface area contributed by atoms with E-state index in [-0.39, 0.29) is 6.04 Å². The van der Waals surface area contributed by atoms with E-state index >= 15 is 0 Å². The van der Waals surface area contributed by atoms with Crippen LogP contribution in [0.5, 0.6) is 0 Å². The van der Waals surface area contributed by atoms with E-state index in [1.807, 2.05) is 6.07 Å². The fourth-order valence-electron chi connectivity index (χ4n) is 6.99. The Labute approximate surface area is 292 Å². The number of fused-ring (bicyclic) bond motifs is 3. The molecule has 1 aromatic heterocycles. The molecule has 7 aromatic carbocycles. The molecule has 0 saturated carbocycles. The van der Waals surface area contributed by atoms with Gasteiger partial charge in [0.25, 0.3) is 0 Å². The smallest absolute Gasteiger partial charge is 0.134 e. The Balaban J connectivity index is 1.27. The molecule has 1 atom stereocenters. The summed E-state index contributed by atoms with van der Waals surface area (Å²) in [4.78, 5) is 10.7. The van der Waals surface area contributed by atoms with Gasteiger partial charge < -0.3 is 5.32 Å². The number of nitrogens with one attached hydrogen (secondary N) is 1. The molecule has 1 N–H and O–H groups in total. The van der Waals surface area contributed by atoms with Crippen LogP contribution in [0.2, 0.25) is 0 Å². The van der Waals surface area contributed by atoms with Crippen LogP contribution in [0.25, 0.3) is 55.5 Å². The molecule has 3 nitrogen and oxygen atoms in total. The number of aliphatic imine (C=N–C) groups is 1. The first-order chi connectivity index (χ1) is 24.8. The highest BCUT2D eigenvalue weighted by atomic mass is 15.1. The summed E-state index contributed by atoms with van der Waals surface area (Å²) in [5.74, 6) is 0.837. The summed E-state index contributed by atoms with van der Waals surface area (Å²) in [6.45, 7) is 0. The fraction of sp³-hybridized carbons (Fsp3) is 0.0213. The zero-order valence-corrected chi connectivity index (χ0v) is 27.4. The monoisotopic (exact) mass is 639 g/mol. The molecule has 0 amide bonds. The van der Waals surface area contributed by atoms with E-state index in [0.717, 1.165) is 67.2 Å². The third kappa shape index (κ3) is 5.65. The summed E-state index contributed by atoms with van der Waals surface area (Å²) in [6.07, 6.45) is 0. The number of hydrogen-bond acceptors (Lipinski definition) is 3. The Kier molecular flexibility index (Phi) is 7.56. The molecule has 0 radical (unpaired) electrons. The first-order valence-corrected chi connectivity index (χ1v) is 17.0. The van der Waals surface area contributed by atoms with Gasteiger partial charge in [-0.3, -0.25) is 0 Å². The van der Waals surface area contributed by atoms with Gasteiger partial charge in [-0.25, -0.2) is 9.98 Å². The van der Waals surface area contributed by atoms with Crippen LogP contribution in [0, 0.1) is 0 Å². The minimum Gasteiger partial charge on any atom is -0.359 e. The molecule has 0 fully saturated rings. The van der Waals surface area contributed by atoms with Crippen LogP contribution in [-0.4, -0.2) is 10.8 Å². The average molecular weight is 640 g/mol. The molecule has 0 saturated heterocycles. The molecule has 8 aromatic rings. The lowest BCUT2D eigenvalue weighted by molar-refractivity contribution is 0.751. The second-order valence-corrected chi connectivity index (χ2v) is 12.7. The third-order valence-electron chi connectivity index (χ3n) is 9.49. The van der Waals surface area contributed by atoms with Crippen LogP contribution in [0.4, 0.5) is 5.69 Å². The Bertz CT molecular complexity index is 2430. The van der Waals surface area contributed by atoms with Crippen molar-refractivity contribution in [2.24, 2.45) is 4.99 Å². The molecule has 1 aliphatic rings. The fourth-order valence-corrected chi connectivity index (χ4v) is 6.99. The number of rotatable bonds is 6. The Morgan fingerprint density at radius 3 is 1.60 bits per heavy atom. The van der Waals surface area contributed by atoms with Gasteiger partial charge >= 0.3 is 0 Å². The third-order valence-corrected chi connectivity index (χ3v) is 9.49. The predicted octanol–water partition coefficient (Wildman–Crippen LogP) is 11.7. The van der Waals surface area contributed by atoms with E-state index in [1.54, 1.807) is 0 Å². The number of amidine groups is 1. The minimum absolute atomic E-state index is 0.0589. The van der Waals surface area contributed by atoms with Crippen molar-refractivity contribution in [1.82, 2.24) is 10.3 Å². The lowest BCUT2D eigenvalue weighted by atomic mass is 9.91. The molecule has 3 heteroatoms. The molecular formula is C47H33N3. The summed E-state index contributed by atoms with van der Waals surface area (Å²) in [5, 5.41) is 6.19. The maximum atomic E-state index is 5.40. The summed E-state index contributed by atoms with van der Waals surface area (Å²) in [6, 6.07) is 66.2. The zero-order valence-electron chi connectivity index (χ0n) is 27.4. The van der Waals surface area contributed by atoms with Gasteiger partial charge in [0.05, 0.1) is 23.1 Å². The van der Waals surface area contributed by atoms with Gasteiger partial charge in [0.1, 0.15) is 5.84 Å². The molecule has 1 unspecified atom stereocenters. The van der Waals surface area contributed by atoms with Gasteiger partial charge in [0, 0.05) is 27.6 Å². The van der Waals surface area contributed by atoms with Crippen LogP contribution in [0.15, 0.2) is 193 Å². The van der Waals surface area contributed by atoms with Gasteiger partial charge in [-0.2, -0.15) is 0 Å². The van der Waals surface area contributed by atoms with Crippen molar-refractivity contribution in [3.63, 3.8) is 0 Å². The minimum atomic E-state index is -0.0589. The van der Waals surface area contributed by atoms with Crippen molar-refractivity contribution in [2.75, 3.05) is 0 Å². The standard InChI is InChI=1S/C47H33N3/c1-5-15-32(16-6-1)37-27-39(44-31-38(33-17-7-2-8-18-33)30-43(48-44)35-20-9-3-10-21-35)29-40(28-37)47-49-45(36-22-11-4-12-23-36)42-26-25-34-19-13-14-24-41(34)46(42)50-47/h1-31,45H,(H,49,50). The van der Waals surface area contributed by atoms with E-state index in [1.165, 1.54) is 16.5 Å². The molecule has 50 heavy (non-hydrogen) atoms. The van der Waals surface area contributed by atoms with Crippen molar-refractivity contribution in [3.8, 4) is 44.8 Å². The second-order valence-electron chi connectivity index (χ2n) is 12.7. The molecule has 2 heterocycles. The first-order valence-electron chi connectivity index (χ1n) is 17.0. The highest BCUT2D eigenvalue weighted by Crippen LogP contribution is 2.41.